The number of epoxide rings is 1. The summed E-state index contributed by atoms with van der Waals surface area (Å²) < 4.78 is 18.8. The molecule has 2 bridgehead atoms. The van der Waals surface area contributed by atoms with Crippen LogP contribution in [0.15, 0.2) is 0 Å². The highest BCUT2D eigenvalue weighted by molar-refractivity contribution is 5.28. The van der Waals surface area contributed by atoms with Gasteiger partial charge in [0.1, 0.15) is 5.60 Å². The van der Waals surface area contributed by atoms with E-state index in [2.05, 4.69) is 0 Å². The third kappa shape index (κ3) is 0.981. The van der Waals surface area contributed by atoms with Gasteiger partial charge in [-0.2, -0.15) is 0 Å². The van der Waals surface area contributed by atoms with Crippen LogP contribution in [0.25, 0.3) is 0 Å². The Morgan fingerprint density at radius 3 is 2.61 bits per heavy atom. The first-order chi connectivity index (χ1) is 8.82. The van der Waals surface area contributed by atoms with E-state index < -0.39 is 0 Å². The van der Waals surface area contributed by atoms with Crippen molar-refractivity contribution in [2.45, 2.75) is 68.4 Å². The molecule has 2 heterocycles. The quantitative estimate of drug-likeness (QED) is 0.619. The monoisotopic (exact) mass is 250 g/mol. The third-order valence-electron chi connectivity index (χ3n) is 6.46. The molecule has 5 rings (SSSR count). The summed E-state index contributed by atoms with van der Waals surface area (Å²) in [6.07, 6.45) is 10.3. The molecule has 18 heavy (non-hydrogen) atoms. The minimum absolute atomic E-state index is 0.145. The molecule has 0 aromatic rings. The van der Waals surface area contributed by atoms with Crippen molar-refractivity contribution in [1.82, 2.24) is 0 Å². The van der Waals surface area contributed by atoms with Crippen molar-refractivity contribution in [3.63, 3.8) is 0 Å². The Hall–Kier alpha value is -0.120. The van der Waals surface area contributed by atoms with E-state index in [1.807, 2.05) is 0 Å². The van der Waals surface area contributed by atoms with Gasteiger partial charge in [0.2, 0.25) is 0 Å². The molecule has 4 atom stereocenters. The molecule has 0 aromatic carbocycles. The van der Waals surface area contributed by atoms with Crippen LogP contribution in [0.2, 0.25) is 0 Å². The summed E-state index contributed by atoms with van der Waals surface area (Å²) in [7, 11) is 0. The van der Waals surface area contributed by atoms with Crippen molar-refractivity contribution in [2.75, 3.05) is 13.2 Å². The Morgan fingerprint density at radius 1 is 0.889 bits per heavy atom. The van der Waals surface area contributed by atoms with Gasteiger partial charge in [-0.05, 0) is 32.1 Å². The van der Waals surface area contributed by atoms with Crippen LogP contribution in [0.4, 0.5) is 0 Å². The summed E-state index contributed by atoms with van der Waals surface area (Å²) >= 11 is 0. The summed E-state index contributed by atoms with van der Waals surface area (Å²) in [4.78, 5) is 0. The SMILES string of the molecule is C1CC2CC34CCCCC3(O4)C(C1)C21OCCO1. The Bertz CT molecular complexity index is 389. The molecule has 3 heteroatoms. The van der Waals surface area contributed by atoms with Crippen LogP contribution < -0.4 is 0 Å². The Balaban J connectivity index is 1.61. The van der Waals surface area contributed by atoms with Crippen molar-refractivity contribution in [3.8, 4) is 0 Å². The Kier molecular flexibility index (Phi) is 1.85. The van der Waals surface area contributed by atoms with Crippen LogP contribution in [0.1, 0.15) is 51.4 Å². The van der Waals surface area contributed by atoms with Gasteiger partial charge in [-0.1, -0.05) is 19.3 Å². The number of hydrogen-bond acceptors (Lipinski definition) is 3. The molecule has 0 radical (unpaired) electrons. The average molecular weight is 250 g/mol. The lowest BCUT2D eigenvalue weighted by Crippen LogP contribution is -2.61. The zero-order valence-electron chi connectivity index (χ0n) is 11.0. The van der Waals surface area contributed by atoms with Gasteiger partial charge in [0.05, 0.1) is 18.8 Å². The zero-order valence-corrected chi connectivity index (χ0v) is 11.0. The van der Waals surface area contributed by atoms with E-state index in [0.717, 1.165) is 13.2 Å². The van der Waals surface area contributed by atoms with Gasteiger partial charge in [0.15, 0.2) is 5.79 Å². The summed E-state index contributed by atoms with van der Waals surface area (Å²) in [5.74, 6) is 0.850. The van der Waals surface area contributed by atoms with Crippen molar-refractivity contribution in [1.29, 1.82) is 0 Å². The van der Waals surface area contributed by atoms with Crippen LogP contribution >= 0.6 is 0 Å². The van der Waals surface area contributed by atoms with Gasteiger partial charge < -0.3 is 14.2 Å². The largest absolute Gasteiger partial charge is 0.362 e. The Labute approximate surface area is 108 Å². The second-order valence-electron chi connectivity index (χ2n) is 7.00. The van der Waals surface area contributed by atoms with Crippen LogP contribution in [0.3, 0.4) is 0 Å². The molecule has 2 saturated heterocycles. The molecule has 2 aliphatic heterocycles. The fourth-order valence-corrected chi connectivity index (χ4v) is 5.88. The first-order valence-electron chi connectivity index (χ1n) is 7.80. The second kappa shape index (κ2) is 3.13. The summed E-state index contributed by atoms with van der Waals surface area (Å²) in [6.45, 7) is 1.58. The van der Waals surface area contributed by atoms with E-state index in [0.29, 0.717) is 11.8 Å². The molecule has 4 unspecified atom stereocenters. The van der Waals surface area contributed by atoms with Crippen LogP contribution in [0.5, 0.6) is 0 Å². The van der Waals surface area contributed by atoms with E-state index >= 15 is 0 Å². The number of rotatable bonds is 0. The van der Waals surface area contributed by atoms with E-state index in [9.17, 15) is 0 Å². The zero-order chi connectivity index (χ0) is 11.8. The normalized spacial score (nSPS) is 56.0. The van der Waals surface area contributed by atoms with Gasteiger partial charge in [0, 0.05) is 11.8 Å². The fourth-order valence-electron chi connectivity index (χ4n) is 5.88. The third-order valence-corrected chi connectivity index (χ3v) is 6.46. The molecule has 100 valence electrons. The van der Waals surface area contributed by atoms with Crippen molar-refractivity contribution in [2.24, 2.45) is 11.8 Å². The van der Waals surface area contributed by atoms with Gasteiger partial charge in [0.25, 0.3) is 0 Å². The van der Waals surface area contributed by atoms with E-state index in [4.69, 9.17) is 14.2 Å². The van der Waals surface area contributed by atoms with Crippen LogP contribution in [-0.2, 0) is 14.2 Å². The van der Waals surface area contributed by atoms with Gasteiger partial charge in [-0.3, -0.25) is 0 Å². The molecule has 3 nitrogen and oxygen atoms in total. The number of ether oxygens (including phenoxy) is 3. The first-order valence-corrected chi connectivity index (χ1v) is 7.80. The van der Waals surface area contributed by atoms with Gasteiger partial charge in [-0.15, -0.1) is 0 Å². The molecular formula is C15H22O3. The van der Waals surface area contributed by atoms with Crippen LogP contribution in [-0.4, -0.2) is 30.2 Å². The van der Waals surface area contributed by atoms with Crippen molar-refractivity contribution < 1.29 is 14.2 Å². The van der Waals surface area contributed by atoms with Gasteiger partial charge in [-0.25, -0.2) is 0 Å². The molecule has 5 aliphatic rings. The second-order valence-corrected chi connectivity index (χ2v) is 7.00. The van der Waals surface area contributed by atoms with Crippen LogP contribution in [0, 0.1) is 11.8 Å². The first kappa shape index (κ1) is 10.6. The standard InChI is InChI=1S/C15H22O3/c1-2-7-14-12-5-3-4-11(10-13(14,6-1)18-14)15(12)16-8-9-17-15/h11-12H,1-10H2. The van der Waals surface area contributed by atoms with E-state index in [1.54, 1.807) is 0 Å². The maximum absolute atomic E-state index is 6.45. The lowest BCUT2D eigenvalue weighted by Gasteiger charge is -2.53. The van der Waals surface area contributed by atoms with Crippen molar-refractivity contribution in [3.05, 3.63) is 0 Å². The van der Waals surface area contributed by atoms with E-state index in [1.165, 1.54) is 51.4 Å². The summed E-state index contributed by atoms with van der Waals surface area (Å²) in [6, 6.07) is 0. The lowest BCUT2D eigenvalue weighted by molar-refractivity contribution is -0.270. The fraction of sp³-hybridized carbons (Fsp3) is 1.00. The maximum atomic E-state index is 6.45. The highest BCUT2D eigenvalue weighted by Gasteiger charge is 2.82. The molecule has 0 aromatic heterocycles. The predicted octanol–water partition coefficient (Wildman–Crippen LogP) is 2.63. The molecule has 0 N–H and O–H groups in total. The minimum atomic E-state index is -0.254. The molecule has 0 amide bonds. The Morgan fingerprint density at radius 2 is 1.72 bits per heavy atom. The number of hydrogen-bond donors (Lipinski definition) is 0. The highest BCUT2D eigenvalue weighted by atomic mass is 16.7. The smallest absolute Gasteiger partial charge is 0.177 e. The lowest BCUT2D eigenvalue weighted by atomic mass is 9.55. The molecular weight excluding hydrogens is 228 g/mol. The molecule has 3 aliphatic carbocycles. The molecule has 1 spiro atoms. The van der Waals surface area contributed by atoms with Crippen molar-refractivity contribution >= 4 is 0 Å². The molecule has 5 fully saturated rings. The predicted molar refractivity (Wildman–Crippen MR) is 65.1 cm³/mol. The molecule has 3 saturated carbocycles. The highest BCUT2D eigenvalue weighted by Crippen LogP contribution is 2.73. The van der Waals surface area contributed by atoms with E-state index in [-0.39, 0.29) is 17.0 Å². The van der Waals surface area contributed by atoms with Gasteiger partial charge >= 0.3 is 0 Å². The minimum Gasteiger partial charge on any atom is -0.362 e. The average Bonchev–Trinajstić information content (AvgIpc) is 2.82. The summed E-state index contributed by atoms with van der Waals surface area (Å²) in [5.41, 5.74) is 0.383. The summed E-state index contributed by atoms with van der Waals surface area (Å²) in [5, 5.41) is 0. The maximum Gasteiger partial charge on any atom is 0.177 e. The topological polar surface area (TPSA) is 31.0 Å².